The Hall–Kier alpha value is -2.46. The molecule has 1 saturated carbocycles. The fourth-order valence-electron chi connectivity index (χ4n) is 3.18. The Kier molecular flexibility index (Phi) is 3.96. The summed E-state index contributed by atoms with van der Waals surface area (Å²) < 4.78 is 35.7. The smallest absolute Gasteiger partial charge is 0.253 e. The van der Waals surface area contributed by atoms with E-state index >= 15 is 0 Å². The molecule has 0 spiro atoms. The van der Waals surface area contributed by atoms with Crippen molar-refractivity contribution in [1.29, 1.82) is 5.26 Å². The van der Waals surface area contributed by atoms with Gasteiger partial charge in [-0.3, -0.25) is 8.61 Å². The van der Waals surface area contributed by atoms with Gasteiger partial charge in [0.05, 0.1) is 42.3 Å². The molecule has 1 heterocycles. The maximum atomic E-state index is 13.3. The Morgan fingerprint density at radius 2 is 2.04 bits per heavy atom. The lowest BCUT2D eigenvalue weighted by atomic mass is 9.99. The Labute approximate surface area is 155 Å². The van der Waals surface area contributed by atoms with Crippen molar-refractivity contribution in [2.24, 2.45) is 5.92 Å². The van der Waals surface area contributed by atoms with E-state index in [9.17, 15) is 14.0 Å². The molecule has 134 valence electrons. The van der Waals surface area contributed by atoms with Gasteiger partial charge in [0.25, 0.3) is 5.92 Å². The maximum Gasteiger partial charge on any atom is 0.253 e. The van der Waals surface area contributed by atoms with Gasteiger partial charge in [0.15, 0.2) is 0 Å². The Balaban J connectivity index is 1.68. The van der Waals surface area contributed by atoms with E-state index in [0.717, 1.165) is 22.5 Å². The summed E-state index contributed by atoms with van der Waals surface area (Å²) >= 11 is 1.43. The lowest BCUT2D eigenvalue weighted by molar-refractivity contribution is 0.101. The van der Waals surface area contributed by atoms with E-state index < -0.39 is 11.8 Å². The van der Waals surface area contributed by atoms with E-state index in [1.54, 1.807) is 19.2 Å². The summed E-state index contributed by atoms with van der Waals surface area (Å²) in [5.74, 6) is -2.41. The van der Waals surface area contributed by atoms with Gasteiger partial charge in [-0.2, -0.15) is 5.26 Å². The van der Waals surface area contributed by atoms with Crippen molar-refractivity contribution in [3.05, 3.63) is 42.0 Å². The second-order valence-electron chi connectivity index (χ2n) is 6.53. The fourth-order valence-corrected chi connectivity index (χ4v) is 4.19. The van der Waals surface area contributed by atoms with Crippen molar-refractivity contribution < 1.29 is 13.5 Å². The van der Waals surface area contributed by atoms with Crippen LogP contribution in [0, 0.1) is 17.2 Å². The zero-order valence-corrected chi connectivity index (χ0v) is 15.2. The van der Waals surface area contributed by atoms with Crippen LogP contribution in [-0.2, 0) is 0 Å². The van der Waals surface area contributed by atoms with E-state index in [1.165, 1.54) is 12.1 Å². The monoisotopic (exact) mass is 373 g/mol. The molecule has 4 rings (SSSR count). The van der Waals surface area contributed by atoms with E-state index in [2.05, 4.69) is 6.07 Å². The van der Waals surface area contributed by atoms with Crippen LogP contribution in [-0.4, -0.2) is 26.6 Å². The van der Waals surface area contributed by atoms with Gasteiger partial charge < -0.3 is 4.74 Å². The predicted molar refractivity (Wildman–Crippen MR) is 99.5 cm³/mol. The third-order valence-corrected chi connectivity index (χ3v) is 5.79. The third kappa shape index (κ3) is 2.84. The molecule has 7 heteroatoms. The molecule has 4 nitrogen and oxygen atoms in total. The largest absolute Gasteiger partial charge is 0.497 e. The van der Waals surface area contributed by atoms with E-state index in [1.807, 2.05) is 39.9 Å². The summed E-state index contributed by atoms with van der Waals surface area (Å²) in [6, 6.07) is 13.4. The van der Waals surface area contributed by atoms with Crippen LogP contribution in [0.15, 0.2) is 36.4 Å². The standard InChI is InChI=1S/C19H17F2N3OS/c1-23-18-7-12(16-8-15(25-2)5-3-13(16)10-22)4-6-17(18)24(26-23)11-14-9-19(14,20)21/h3-8,14H,9,11H2,1-2H3. The van der Waals surface area contributed by atoms with Crippen LogP contribution in [0.5, 0.6) is 5.75 Å². The summed E-state index contributed by atoms with van der Waals surface area (Å²) in [6.07, 6.45) is -0.0312. The molecule has 0 N–H and O–H groups in total. The molecule has 1 atom stereocenters. The molecule has 1 unspecified atom stereocenters. The predicted octanol–water partition coefficient (Wildman–Crippen LogP) is 4.71. The second kappa shape index (κ2) is 6.06. The molecule has 0 bridgehead atoms. The molecule has 1 aliphatic heterocycles. The summed E-state index contributed by atoms with van der Waals surface area (Å²) in [6.45, 7) is 0.330. The molecule has 0 saturated heterocycles. The minimum Gasteiger partial charge on any atom is -0.497 e. The number of rotatable bonds is 4. The summed E-state index contributed by atoms with van der Waals surface area (Å²) in [7, 11) is 3.50. The highest BCUT2D eigenvalue weighted by atomic mass is 32.2. The molecule has 2 aliphatic rings. The highest BCUT2D eigenvalue weighted by molar-refractivity contribution is 8.02. The Morgan fingerprint density at radius 3 is 2.69 bits per heavy atom. The first-order valence-electron chi connectivity index (χ1n) is 8.22. The van der Waals surface area contributed by atoms with Gasteiger partial charge in [0, 0.05) is 31.5 Å². The number of ether oxygens (including phenoxy) is 1. The Bertz CT molecular complexity index is 912. The molecule has 2 aromatic rings. The zero-order valence-electron chi connectivity index (χ0n) is 14.4. The van der Waals surface area contributed by atoms with Crippen LogP contribution in [0.2, 0.25) is 0 Å². The van der Waals surface area contributed by atoms with Gasteiger partial charge >= 0.3 is 0 Å². The average molecular weight is 373 g/mol. The SMILES string of the molecule is COc1ccc(C#N)c(-c2ccc3c(c2)N(C)SN3CC2CC2(F)F)c1. The first-order chi connectivity index (χ1) is 12.4. The number of benzene rings is 2. The summed E-state index contributed by atoms with van der Waals surface area (Å²) in [5.41, 5.74) is 4.12. The fraction of sp³-hybridized carbons (Fsp3) is 0.316. The number of hydrogen-bond donors (Lipinski definition) is 0. The van der Waals surface area contributed by atoms with Gasteiger partial charge in [-0.05, 0) is 35.9 Å². The average Bonchev–Trinajstić information content (AvgIpc) is 3.12. The van der Waals surface area contributed by atoms with Crippen LogP contribution in [0.1, 0.15) is 12.0 Å². The number of hydrogen-bond acceptors (Lipinski definition) is 5. The Morgan fingerprint density at radius 1 is 1.27 bits per heavy atom. The molecular formula is C19H17F2N3OS. The third-order valence-electron chi connectivity index (χ3n) is 4.80. The first-order valence-corrected chi connectivity index (χ1v) is 8.95. The van der Waals surface area contributed by atoms with Crippen LogP contribution < -0.4 is 13.3 Å². The molecule has 1 aliphatic carbocycles. The molecule has 0 amide bonds. The number of fused-ring (bicyclic) bond motifs is 1. The molecule has 2 aromatic carbocycles. The van der Waals surface area contributed by atoms with Crippen molar-refractivity contribution in [3.63, 3.8) is 0 Å². The molecule has 0 aromatic heterocycles. The molecule has 1 fully saturated rings. The number of anilines is 2. The minimum absolute atomic E-state index is 0.0312. The van der Waals surface area contributed by atoms with Crippen molar-refractivity contribution in [2.75, 3.05) is 29.3 Å². The molecule has 26 heavy (non-hydrogen) atoms. The van der Waals surface area contributed by atoms with Gasteiger partial charge in [-0.1, -0.05) is 6.07 Å². The normalized spacial score (nSPS) is 19.9. The van der Waals surface area contributed by atoms with Gasteiger partial charge in [0.1, 0.15) is 5.75 Å². The van der Waals surface area contributed by atoms with Crippen molar-refractivity contribution in [1.82, 2.24) is 0 Å². The lowest BCUT2D eigenvalue weighted by Gasteiger charge is -2.16. The number of nitriles is 1. The van der Waals surface area contributed by atoms with E-state index in [-0.39, 0.29) is 6.42 Å². The van der Waals surface area contributed by atoms with Crippen LogP contribution in [0.25, 0.3) is 11.1 Å². The summed E-state index contributed by atoms with van der Waals surface area (Å²) in [5, 5.41) is 9.40. The van der Waals surface area contributed by atoms with Gasteiger partial charge in [-0.15, -0.1) is 0 Å². The quantitative estimate of drug-likeness (QED) is 0.726. The zero-order chi connectivity index (χ0) is 18.5. The lowest BCUT2D eigenvalue weighted by Crippen LogP contribution is -2.18. The maximum absolute atomic E-state index is 13.3. The van der Waals surface area contributed by atoms with E-state index in [4.69, 9.17) is 4.74 Å². The highest BCUT2D eigenvalue weighted by Crippen LogP contribution is 2.53. The van der Waals surface area contributed by atoms with Crippen molar-refractivity contribution in [3.8, 4) is 22.9 Å². The number of halogens is 2. The second-order valence-corrected chi connectivity index (χ2v) is 7.68. The molecule has 0 radical (unpaired) electrons. The van der Waals surface area contributed by atoms with Crippen LogP contribution in [0.4, 0.5) is 20.2 Å². The minimum atomic E-state index is -2.52. The van der Waals surface area contributed by atoms with E-state index in [0.29, 0.717) is 17.9 Å². The summed E-state index contributed by atoms with van der Waals surface area (Å²) in [4.78, 5) is 0. The molecular weight excluding hydrogens is 356 g/mol. The number of nitrogens with zero attached hydrogens (tertiary/aromatic N) is 3. The van der Waals surface area contributed by atoms with Crippen LogP contribution in [0.3, 0.4) is 0 Å². The van der Waals surface area contributed by atoms with Crippen LogP contribution >= 0.6 is 12.1 Å². The number of methoxy groups -OCH3 is 1. The number of alkyl halides is 2. The van der Waals surface area contributed by atoms with Crippen molar-refractivity contribution >= 4 is 23.5 Å². The van der Waals surface area contributed by atoms with Gasteiger partial charge in [0.2, 0.25) is 0 Å². The van der Waals surface area contributed by atoms with Crippen molar-refractivity contribution in [2.45, 2.75) is 12.3 Å². The first kappa shape index (κ1) is 17.0. The highest BCUT2D eigenvalue weighted by Gasteiger charge is 2.57. The van der Waals surface area contributed by atoms with Gasteiger partial charge in [-0.25, -0.2) is 8.78 Å². The topological polar surface area (TPSA) is 39.5 Å².